The highest BCUT2D eigenvalue weighted by Crippen LogP contribution is 2.35. The van der Waals surface area contributed by atoms with Crippen LogP contribution in [0.5, 0.6) is 5.88 Å². The highest BCUT2D eigenvalue weighted by molar-refractivity contribution is 7.51. The summed E-state index contributed by atoms with van der Waals surface area (Å²) in [5.41, 5.74) is -0.995. The molecule has 0 fully saturated rings. The number of rotatable bonds is 4. The molecule has 4 N–H and O–H groups in total. The van der Waals surface area contributed by atoms with E-state index < -0.39 is 25.2 Å². The van der Waals surface area contributed by atoms with Gasteiger partial charge in [-0.1, -0.05) is 0 Å². The third-order valence-electron chi connectivity index (χ3n) is 2.10. The smallest absolute Gasteiger partial charge is 0.362 e. The van der Waals surface area contributed by atoms with Crippen molar-refractivity contribution in [2.75, 3.05) is 6.35 Å². The number of hydrogen-bond donors (Lipinski definition) is 4. The summed E-state index contributed by atoms with van der Waals surface area (Å²) in [5.74, 6) is -0.268. The summed E-state index contributed by atoms with van der Waals surface area (Å²) in [6.45, 7) is 0. The molecule has 0 radical (unpaired) electrons. The van der Waals surface area contributed by atoms with Crippen LogP contribution >= 0.6 is 18.9 Å². The number of aromatic nitrogens is 2. The average molecular weight is 304 g/mol. The van der Waals surface area contributed by atoms with Crippen LogP contribution in [0, 0.1) is 0 Å². The highest BCUT2D eigenvalue weighted by atomic mass is 32.1. The van der Waals surface area contributed by atoms with Gasteiger partial charge in [0.15, 0.2) is 6.35 Å². The topological polar surface area (TPSA) is 132 Å². The van der Waals surface area contributed by atoms with Gasteiger partial charge in [0.25, 0.3) is 5.56 Å². The van der Waals surface area contributed by atoms with Crippen LogP contribution in [0.1, 0.15) is 0 Å². The van der Waals surface area contributed by atoms with Gasteiger partial charge in [-0.3, -0.25) is 19.3 Å². The first-order chi connectivity index (χ1) is 8.87. The molecule has 0 aliphatic rings. The molecule has 0 unspecified atom stereocenters. The van der Waals surface area contributed by atoms with Gasteiger partial charge in [0, 0.05) is 5.56 Å². The van der Waals surface area contributed by atoms with Crippen LogP contribution in [0.2, 0.25) is 0 Å². The maximum atomic E-state index is 11.7. The van der Waals surface area contributed by atoms with Crippen molar-refractivity contribution in [3.8, 4) is 17.0 Å². The maximum Gasteiger partial charge on any atom is 0.362 e. The van der Waals surface area contributed by atoms with E-state index >= 15 is 0 Å². The number of nitrogens with one attached hydrogen (secondary N) is 2. The third kappa shape index (κ3) is 3.42. The lowest BCUT2D eigenvalue weighted by molar-refractivity contribution is 0.294. The second kappa shape index (κ2) is 5.14. The predicted octanol–water partition coefficient (Wildman–Crippen LogP) is 0.306. The summed E-state index contributed by atoms with van der Waals surface area (Å²) >= 11 is 1.33. The summed E-state index contributed by atoms with van der Waals surface area (Å²) in [6.07, 6.45) is -0.927. The Kier molecular flexibility index (Phi) is 3.72. The standard InChI is InChI=1S/C9H9N2O6PS/c12-7-6(5-1-2-19-3-5)8(11-9(13)10-7)17-4-18(14,15)16/h1-3H,4H2,(H2,14,15,16)(H2,10,11,12,13). The largest absolute Gasteiger partial charge is 0.465 e. The molecule has 0 aliphatic carbocycles. The van der Waals surface area contributed by atoms with Crippen molar-refractivity contribution in [1.29, 1.82) is 0 Å². The average Bonchev–Trinajstić information content (AvgIpc) is 2.77. The van der Waals surface area contributed by atoms with Gasteiger partial charge >= 0.3 is 13.3 Å². The Balaban J connectivity index is 2.50. The Morgan fingerprint density at radius 2 is 2.05 bits per heavy atom. The molecule has 0 atom stereocenters. The first kappa shape index (κ1) is 13.8. The van der Waals surface area contributed by atoms with Crippen molar-refractivity contribution in [3.05, 3.63) is 37.7 Å². The Morgan fingerprint density at radius 1 is 1.32 bits per heavy atom. The van der Waals surface area contributed by atoms with Crippen LogP contribution in [0.25, 0.3) is 11.1 Å². The zero-order valence-electron chi connectivity index (χ0n) is 9.32. The van der Waals surface area contributed by atoms with Crippen LogP contribution in [0.4, 0.5) is 0 Å². The van der Waals surface area contributed by atoms with Gasteiger partial charge in [0.2, 0.25) is 5.88 Å². The van der Waals surface area contributed by atoms with Gasteiger partial charge in [0.05, 0.1) is 0 Å². The first-order valence-corrected chi connectivity index (χ1v) is 7.67. The van der Waals surface area contributed by atoms with Crippen molar-refractivity contribution < 1.29 is 19.1 Å². The molecule has 0 saturated carbocycles. The lowest BCUT2D eigenvalue weighted by Crippen LogP contribution is -2.24. The SMILES string of the molecule is O=c1[nH]c(OCP(=O)(O)O)c(-c2ccsc2)c(=O)[nH]1. The molecule has 8 nitrogen and oxygen atoms in total. The van der Waals surface area contributed by atoms with Crippen LogP contribution in [-0.2, 0) is 4.57 Å². The quantitative estimate of drug-likeness (QED) is 0.601. The molecule has 0 aromatic carbocycles. The summed E-state index contributed by atoms with van der Waals surface area (Å²) in [5, 5.41) is 3.36. The van der Waals surface area contributed by atoms with E-state index in [1.807, 2.05) is 4.98 Å². The van der Waals surface area contributed by atoms with Gasteiger partial charge in [-0.15, -0.1) is 0 Å². The number of thiophene rings is 1. The molecule has 0 bridgehead atoms. The van der Waals surface area contributed by atoms with Gasteiger partial charge in [-0.25, -0.2) is 4.79 Å². The molecule has 0 aliphatic heterocycles. The number of aromatic amines is 2. The lowest BCUT2D eigenvalue weighted by atomic mass is 10.2. The van der Waals surface area contributed by atoms with Crippen molar-refractivity contribution in [1.82, 2.24) is 9.97 Å². The minimum absolute atomic E-state index is 0.0225. The van der Waals surface area contributed by atoms with Gasteiger partial charge in [-0.2, -0.15) is 11.3 Å². The Morgan fingerprint density at radius 3 is 2.63 bits per heavy atom. The van der Waals surface area contributed by atoms with E-state index in [9.17, 15) is 14.2 Å². The van der Waals surface area contributed by atoms with E-state index in [0.717, 1.165) is 0 Å². The van der Waals surface area contributed by atoms with Gasteiger partial charge < -0.3 is 14.5 Å². The fourth-order valence-corrected chi connectivity index (χ4v) is 2.34. The van der Waals surface area contributed by atoms with Crippen molar-refractivity contribution in [3.63, 3.8) is 0 Å². The van der Waals surface area contributed by atoms with E-state index in [-0.39, 0.29) is 11.4 Å². The molecule has 0 saturated heterocycles. The van der Waals surface area contributed by atoms with Crippen LogP contribution in [-0.4, -0.2) is 26.1 Å². The molecule has 0 spiro atoms. The monoisotopic (exact) mass is 304 g/mol. The third-order valence-corrected chi connectivity index (χ3v) is 3.24. The molecular weight excluding hydrogens is 295 g/mol. The molecule has 102 valence electrons. The summed E-state index contributed by atoms with van der Waals surface area (Å²) in [7, 11) is -4.41. The minimum Gasteiger partial charge on any atom is -0.465 e. The van der Waals surface area contributed by atoms with Crippen LogP contribution in [0.15, 0.2) is 26.4 Å². The summed E-state index contributed by atoms with van der Waals surface area (Å²) < 4.78 is 15.6. The van der Waals surface area contributed by atoms with E-state index in [1.165, 1.54) is 11.3 Å². The molecule has 2 aromatic heterocycles. The molecule has 10 heteroatoms. The van der Waals surface area contributed by atoms with E-state index in [1.54, 1.807) is 16.8 Å². The number of ether oxygens (including phenoxy) is 1. The zero-order chi connectivity index (χ0) is 14.0. The highest BCUT2D eigenvalue weighted by Gasteiger charge is 2.19. The van der Waals surface area contributed by atoms with Gasteiger partial charge in [0.1, 0.15) is 5.56 Å². The molecule has 2 heterocycles. The second-order valence-electron chi connectivity index (χ2n) is 3.56. The molecule has 0 amide bonds. The summed E-state index contributed by atoms with van der Waals surface area (Å²) in [4.78, 5) is 44.6. The fourth-order valence-electron chi connectivity index (χ4n) is 1.39. The van der Waals surface area contributed by atoms with Crippen LogP contribution in [0.3, 0.4) is 0 Å². The second-order valence-corrected chi connectivity index (χ2v) is 5.93. The van der Waals surface area contributed by atoms with Crippen molar-refractivity contribution in [2.24, 2.45) is 0 Å². The van der Waals surface area contributed by atoms with Crippen LogP contribution < -0.4 is 16.0 Å². The first-order valence-electron chi connectivity index (χ1n) is 4.93. The molecule has 19 heavy (non-hydrogen) atoms. The van der Waals surface area contributed by atoms with Crippen molar-refractivity contribution in [2.45, 2.75) is 0 Å². The summed E-state index contributed by atoms with van der Waals surface area (Å²) in [6, 6.07) is 1.62. The molecule has 2 aromatic rings. The normalized spacial score (nSPS) is 11.5. The van der Waals surface area contributed by atoms with Crippen molar-refractivity contribution >= 4 is 18.9 Å². The number of H-pyrrole nitrogens is 2. The van der Waals surface area contributed by atoms with E-state index in [4.69, 9.17) is 14.5 Å². The van der Waals surface area contributed by atoms with Gasteiger partial charge in [-0.05, 0) is 16.8 Å². The predicted molar refractivity (Wildman–Crippen MR) is 68.5 cm³/mol. The Labute approximate surface area is 109 Å². The minimum atomic E-state index is -4.41. The Hall–Kier alpha value is -1.67. The Bertz CT molecular complexity index is 728. The number of hydrogen-bond acceptors (Lipinski definition) is 5. The zero-order valence-corrected chi connectivity index (χ0v) is 11.0. The fraction of sp³-hybridized carbons (Fsp3) is 0.111. The maximum absolute atomic E-state index is 11.7. The molecular formula is C9H9N2O6PS. The molecule has 2 rings (SSSR count). The van der Waals surface area contributed by atoms with E-state index in [0.29, 0.717) is 5.56 Å². The van der Waals surface area contributed by atoms with E-state index in [2.05, 4.69) is 4.98 Å². The lowest BCUT2D eigenvalue weighted by Gasteiger charge is -2.09.